The summed E-state index contributed by atoms with van der Waals surface area (Å²) in [6.45, 7) is 0. The van der Waals surface area contributed by atoms with E-state index in [2.05, 4.69) is 180 Å². The predicted octanol–water partition coefficient (Wildman–Crippen LogP) is 13.1. The maximum atomic E-state index is 5.16. The Bertz CT molecular complexity index is 3240. The van der Waals surface area contributed by atoms with Gasteiger partial charge in [-0.05, 0) is 85.9 Å². The van der Waals surface area contributed by atoms with Crippen LogP contribution in [0.15, 0.2) is 194 Å². The lowest BCUT2D eigenvalue weighted by molar-refractivity contribution is 1.07. The Morgan fingerprint density at radius 3 is 1.60 bits per heavy atom. The van der Waals surface area contributed by atoms with Crippen molar-refractivity contribution in [3.63, 3.8) is 0 Å². The first-order chi connectivity index (χ1) is 27.3. The van der Waals surface area contributed by atoms with Crippen LogP contribution >= 0.6 is 0 Å². The maximum Gasteiger partial charge on any atom is 0.164 e. The van der Waals surface area contributed by atoms with Crippen molar-refractivity contribution in [1.29, 1.82) is 0 Å². The molecule has 55 heavy (non-hydrogen) atoms. The molecule has 0 spiro atoms. The Labute approximate surface area is 317 Å². The standard InChI is InChI=1S/C51H32N4/c1-3-14-35(15-4-1)49-52-50(54-51(53-49)38-28-30-47-45(32-38)42-21-11-12-22-46(42)55(47)39-17-5-2-6-18-39)36-25-23-34(24-26-36)48-41-20-10-8-16-37(41)31-44-40-19-9-7-13-33(40)27-29-43(44)48/h1-32H. The number of fused-ring (bicyclic) bond motifs is 7. The van der Waals surface area contributed by atoms with E-state index in [1.54, 1.807) is 0 Å². The van der Waals surface area contributed by atoms with Gasteiger partial charge in [0.05, 0.1) is 11.0 Å². The van der Waals surface area contributed by atoms with Crippen molar-refractivity contribution >= 4 is 54.1 Å². The maximum absolute atomic E-state index is 5.16. The monoisotopic (exact) mass is 700 g/mol. The smallest absolute Gasteiger partial charge is 0.164 e. The molecule has 11 rings (SSSR count). The third kappa shape index (κ3) is 5.19. The van der Waals surface area contributed by atoms with E-state index >= 15 is 0 Å². The third-order valence-electron chi connectivity index (χ3n) is 10.8. The van der Waals surface area contributed by atoms with Crippen LogP contribution in [0.1, 0.15) is 0 Å². The summed E-state index contributed by atoms with van der Waals surface area (Å²) in [5.74, 6) is 1.91. The van der Waals surface area contributed by atoms with E-state index < -0.39 is 0 Å². The van der Waals surface area contributed by atoms with Crippen molar-refractivity contribution in [3.8, 4) is 51.0 Å². The summed E-state index contributed by atoms with van der Waals surface area (Å²) in [6, 6.07) is 68.7. The number of hydrogen-bond donors (Lipinski definition) is 0. The van der Waals surface area contributed by atoms with Crippen molar-refractivity contribution in [2.75, 3.05) is 0 Å². The van der Waals surface area contributed by atoms with Crippen molar-refractivity contribution in [2.45, 2.75) is 0 Å². The van der Waals surface area contributed by atoms with Crippen molar-refractivity contribution in [2.24, 2.45) is 0 Å². The molecule has 0 saturated heterocycles. The Morgan fingerprint density at radius 1 is 0.291 bits per heavy atom. The highest BCUT2D eigenvalue weighted by molar-refractivity contribution is 6.20. The second-order valence-electron chi connectivity index (χ2n) is 14.0. The fourth-order valence-electron chi connectivity index (χ4n) is 8.23. The van der Waals surface area contributed by atoms with Crippen molar-refractivity contribution < 1.29 is 0 Å². The molecular weight excluding hydrogens is 669 g/mol. The number of hydrogen-bond acceptors (Lipinski definition) is 3. The van der Waals surface area contributed by atoms with Crippen LogP contribution in [0.4, 0.5) is 0 Å². The van der Waals surface area contributed by atoms with Gasteiger partial charge in [-0.2, -0.15) is 0 Å². The van der Waals surface area contributed by atoms with E-state index in [1.807, 2.05) is 18.2 Å². The van der Waals surface area contributed by atoms with Gasteiger partial charge in [0, 0.05) is 33.2 Å². The fraction of sp³-hybridized carbons (Fsp3) is 0. The van der Waals surface area contributed by atoms with E-state index in [0.29, 0.717) is 17.5 Å². The molecule has 0 amide bonds. The van der Waals surface area contributed by atoms with Gasteiger partial charge in [0.15, 0.2) is 17.5 Å². The van der Waals surface area contributed by atoms with Crippen LogP contribution in [-0.2, 0) is 0 Å². The lowest BCUT2D eigenvalue weighted by Gasteiger charge is -2.14. The molecule has 4 heteroatoms. The van der Waals surface area contributed by atoms with Gasteiger partial charge in [0.1, 0.15) is 0 Å². The van der Waals surface area contributed by atoms with Crippen molar-refractivity contribution in [1.82, 2.24) is 19.5 Å². The second-order valence-corrected chi connectivity index (χ2v) is 14.0. The van der Waals surface area contributed by atoms with Crippen LogP contribution in [0.5, 0.6) is 0 Å². The normalized spacial score (nSPS) is 11.6. The first-order valence-corrected chi connectivity index (χ1v) is 18.6. The summed E-state index contributed by atoms with van der Waals surface area (Å²) in [5.41, 5.74) is 8.63. The zero-order valence-corrected chi connectivity index (χ0v) is 29.8. The molecule has 11 aromatic rings. The number of rotatable bonds is 5. The van der Waals surface area contributed by atoms with Gasteiger partial charge in [-0.15, -0.1) is 0 Å². The van der Waals surface area contributed by atoms with E-state index in [1.165, 1.54) is 43.3 Å². The molecule has 0 atom stereocenters. The highest BCUT2D eigenvalue weighted by Crippen LogP contribution is 2.40. The Hall–Kier alpha value is -7.43. The first-order valence-electron chi connectivity index (χ1n) is 18.6. The van der Waals surface area contributed by atoms with Crippen LogP contribution in [-0.4, -0.2) is 19.5 Å². The molecule has 0 fully saturated rings. The lowest BCUT2D eigenvalue weighted by Crippen LogP contribution is -2.00. The van der Waals surface area contributed by atoms with Crippen LogP contribution in [0.2, 0.25) is 0 Å². The summed E-state index contributed by atoms with van der Waals surface area (Å²) in [7, 11) is 0. The van der Waals surface area contributed by atoms with Crippen LogP contribution < -0.4 is 0 Å². The molecule has 2 heterocycles. The molecule has 0 unspecified atom stereocenters. The summed E-state index contributed by atoms with van der Waals surface area (Å²) < 4.78 is 2.33. The average molecular weight is 701 g/mol. The molecule has 9 aromatic carbocycles. The SMILES string of the molecule is c1ccc(-c2nc(-c3ccc(-c4c5ccccc5cc5c4ccc4ccccc45)cc3)nc(-c3ccc4c(c3)c3ccccc3n4-c3ccccc3)n2)cc1. The minimum Gasteiger partial charge on any atom is -0.309 e. The Kier molecular flexibility index (Phi) is 7.14. The van der Waals surface area contributed by atoms with E-state index in [-0.39, 0.29) is 0 Å². The zero-order valence-electron chi connectivity index (χ0n) is 29.8. The van der Waals surface area contributed by atoms with Gasteiger partial charge in [-0.25, -0.2) is 15.0 Å². The topological polar surface area (TPSA) is 43.6 Å². The van der Waals surface area contributed by atoms with Gasteiger partial charge < -0.3 is 4.57 Å². The van der Waals surface area contributed by atoms with Gasteiger partial charge in [-0.1, -0.05) is 152 Å². The van der Waals surface area contributed by atoms with Crippen molar-refractivity contribution in [3.05, 3.63) is 194 Å². The van der Waals surface area contributed by atoms with Gasteiger partial charge in [0.2, 0.25) is 0 Å². The highest BCUT2D eigenvalue weighted by Gasteiger charge is 2.18. The number of benzene rings is 9. The minimum atomic E-state index is 0.635. The third-order valence-corrected chi connectivity index (χ3v) is 10.8. The molecular formula is C51H32N4. The molecule has 256 valence electrons. The number of nitrogens with zero attached hydrogens (tertiary/aromatic N) is 4. The van der Waals surface area contributed by atoms with Crippen LogP contribution in [0.3, 0.4) is 0 Å². The Balaban J connectivity index is 1.07. The van der Waals surface area contributed by atoms with E-state index in [0.717, 1.165) is 44.4 Å². The van der Waals surface area contributed by atoms with Crippen LogP contribution in [0.25, 0.3) is 105 Å². The number of aromatic nitrogens is 4. The summed E-state index contributed by atoms with van der Waals surface area (Å²) in [4.78, 5) is 15.3. The molecule has 0 saturated carbocycles. The van der Waals surface area contributed by atoms with E-state index in [4.69, 9.17) is 15.0 Å². The van der Waals surface area contributed by atoms with Gasteiger partial charge in [-0.3, -0.25) is 0 Å². The number of para-hydroxylation sites is 2. The van der Waals surface area contributed by atoms with Crippen LogP contribution in [0, 0.1) is 0 Å². The Morgan fingerprint density at radius 2 is 0.836 bits per heavy atom. The van der Waals surface area contributed by atoms with Gasteiger partial charge >= 0.3 is 0 Å². The molecule has 2 aromatic heterocycles. The molecule has 0 N–H and O–H groups in total. The molecule has 4 nitrogen and oxygen atoms in total. The predicted molar refractivity (Wildman–Crippen MR) is 228 cm³/mol. The molecule has 0 radical (unpaired) electrons. The summed E-state index contributed by atoms with van der Waals surface area (Å²) in [5, 5.41) is 9.80. The highest BCUT2D eigenvalue weighted by atomic mass is 15.0. The summed E-state index contributed by atoms with van der Waals surface area (Å²) >= 11 is 0. The molecule has 0 aliphatic heterocycles. The quantitative estimate of drug-likeness (QED) is 0.133. The van der Waals surface area contributed by atoms with Gasteiger partial charge in [0.25, 0.3) is 0 Å². The zero-order chi connectivity index (χ0) is 36.3. The van der Waals surface area contributed by atoms with E-state index in [9.17, 15) is 0 Å². The first kappa shape index (κ1) is 31.1. The summed E-state index contributed by atoms with van der Waals surface area (Å²) in [6.07, 6.45) is 0. The average Bonchev–Trinajstić information content (AvgIpc) is 3.60. The second kappa shape index (κ2) is 12.6. The molecule has 0 aliphatic rings. The minimum absolute atomic E-state index is 0.635. The lowest BCUT2D eigenvalue weighted by atomic mass is 9.89. The fourth-order valence-corrected chi connectivity index (χ4v) is 8.23. The molecule has 0 bridgehead atoms. The largest absolute Gasteiger partial charge is 0.309 e. The molecule has 0 aliphatic carbocycles.